The van der Waals surface area contributed by atoms with Gasteiger partial charge in [0.05, 0.1) is 81.8 Å². The predicted molar refractivity (Wildman–Crippen MR) is 281 cm³/mol. The lowest BCUT2D eigenvalue weighted by Crippen LogP contribution is -2.39. The predicted octanol–water partition coefficient (Wildman–Crippen LogP) is 7.22. The molecule has 9 rings (SSSR count). The summed E-state index contributed by atoms with van der Waals surface area (Å²) in [6.45, 7) is 2.71. The smallest absolute Gasteiger partial charge is 0.261 e. The maximum absolute atomic E-state index is 14.2. The van der Waals surface area contributed by atoms with Crippen LogP contribution in [0.2, 0.25) is 0 Å². The number of hydrogen-bond donors (Lipinski definition) is 2. The van der Waals surface area contributed by atoms with Crippen molar-refractivity contribution in [1.29, 1.82) is 0 Å². The van der Waals surface area contributed by atoms with Gasteiger partial charge in [-0.15, -0.1) is 9.93 Å². The zero-order chi connectivity index (χ0) is 50.4. The first kappa shape index (κ1) is 50.2. The Morgan fingerprint density at radius 2 is 1.33 bits per heavy atom. The van der Waals surface area contributed by atoms with Crippen molar-refractivity contribution in [1.82, 2.24) is 0 Å². The van der Waals surface area contributed by atoms with Crippen LogP contribution in [-0.4, -0.2) is 126 Å². The normalized spacial score (nSPS) is 16.6. The van der Waals surface area contributed by atoms with Gasteiger partial charge < -0.3 is 48.3 Å². The number of carbonyl (C=O) groups excluding carboxylic acids is 3. The van der Waals surface area contributed by atoms with Crippen molar-refractivity contribution in [3.63, 3.8) is 0 Å². The molecule has 4 aliphatic heterocycles. The minimum Gasteiger partial charge on any atom is -0.493 e. The summed E-state index contributed by atoms with van der Waals surface area (Å²) in [5, 5.41) is 3.50. The first-order valence-corrected chi connectivity index (χ1v) is 27.1. The third kappa shape index (κ3) is 11.1. The van der Waals surface area contributed by atoms with Gasteiger partial charge in [0, 0.05) is 74.2 Å². The van der Waals surface area contributed by atoms with E-state index in [2.05, 4.69) is 11.4 Å². The molecule has 5 aromatic rings. The summed E-state index contributed by atoms with van der Waals surface area (Å²) >= 11 is 0. The summed E-state index contributed by atoms with van der Waals surface area (Å²) in [4.78, 5) is 52.7. The van der Waals surface area contributed by atoms with Crippen molar-refractivity contribution in [2.45, 2.75) is 51.0 Å². The number of anilines is 4. The van der Waals surface area contributed by atoms with Gasteiger partial charge in [0.15, 0.2) is 23.0 Å². The summed E-state index contributed by atoms with van der Waals surface area (Å²) in [5.41, 5.74) is 8.00. The van der Waals surface area contributed by atoms with Gasteiger partial charge in [-0.05, 0) is 90.1 Å². The molecule has 5 aromatic carbocycles. The van der Waals surface area contributed by atoms with Crippen LogP contribution in [0.4, 0.5) is 28.4 Å². The summed E-state index contributed by atoms with van der Waals surface area (Å²) in [6, 6.07) is 28.3. The molecular weight excluding hydrogens is 939 g/mol. The molecule has 0 aliphatic carbocycles. The van der Waals surface area contributed by atoms with Crippen molar-refractivity contribution in [2.24, 2.45) is 4.99 Å². The highest BCUT2D eigenvalue weighted by atomic mass is 32.2. The van der Waals surface area contributed by atoms with E-state index in [1.165, 1.54) is 7.11 Å². The van der Waals surface area contributed by atoms with Crippen LogP contribution in [0.25, 0.3) is 0 Å². The van der Waals surface area contributed by atoms with E-state index in [1.807, 2.05) is 71.8 Å². The van der Waals surface area contributed by atoms with E-state index >= 15 is 0 Å². The molecule has 0 fully saturated rings. The zero-order valence-electron chi connectivity index (χ0n) is 41.5. The number of hydrogen-bond acceptors (Lipinski definition) is 13. The van der Waals surface area contributed by atoms with E-state index in [-0.39, 0.29) is 62.6 Å². The highest BCUT2D eigenvalue weighted by Crippen LogP contribution is 2.43. The summed E-state index contributed by atoms with van der Waals surface area (Å²) in [7, 11) is 2.32. The highest BCUT2D eigenvalue weighted by molar-refractivity contribution is 8.01. The SMILES string of the molecule is COCCOCCOCCN(C(=O)CCC[SH](C)(C)=O)c1cc(COc2cc3c(cc2OC)C(=O)N2c4ccccc4C[C@H]2C=N3)cc(COc2cc3c(cc2OC)C(=O)N2c4ccccc4C[C@H]2CN3)c1. The highest BCUT2D eigenvalue weighted by Gasteiger charge is 2.39. The van der Waals surface area contributed by atoms with Crippen LogP contribution in [0.3, 0.4) is 0 Å². The van der Waals surface area contributed by atoms with Crippen molar-refractivity contribution in [2.75, 3.05) is 106 Å². The number of rotatable bonds is 22. The topological polar surface area (TPSA) is 167 Å². The largest absolute Gasteiger partial charge is 0.493 e. The second-order valence-corrected chi connectivity index (χ2v) is 22.3. The average Bonchev–Trinajstić information content (AvgIpc) is 3.87. The Morgan fingerprint density at radius 3 is 2.01 bits per heavy atom. The number of carbonyl (C=O) groups is 3. The molecule has 0 saturated carbocycles. The Balaban J connectivity index is 1.00. The number of para-hydroxylation sites is 2. The van der Waals surface area contributed by atoms with Crippen molar-refractivity contribution >= 4 is 62.3 Å². The molecule has 16 nitrogen and oxygen atoms in total. The van der Waals surface area contributed by atoms with Crippen LogP contribution in [0.1, 0.15) is 55.8 Å². The third-order valence-corrected chi connectivity index (χ3v) is 14.7. The number of nitrogens with one attached hydrogen (secondary N) is 1. The minimum atomic E-state index is -2.36. The van der Waals surface area contributed by atoms with E-state index in [9.17, 15) is 18.6 Å². The molecular formula is C55H63N5O11S. The number of amides is 3. The molecule has 0 saturated heterocycles. The molecule has 0 unspecified atom stereocenters. The maximum atomic E-state index is 14.2. The van der Waals surface area contributed by atoms with Gasteiger partial charge in [0.25, 0.3) is 11.8 Å². The monoisotopic (exact) mass is 1000 g/mol. The lowest BCUT2D eigenvalue weighted by atomic mass is 10.1. The van der Waals surface area contributed by atoms with Gasteiger partial charge in [0.2, 0.25) is 5.91 Å². The molecule has 17 heteroatoms. The molecule has 0 aromatic heterocycles. The zero-order valence-corrected chi connectivity index (χ0v) is 42.4. The van der Waals surface area contributed by atoms with Gasteiger partial charge in [-0.25, -0.2) is 0 Å². The number of nitrogens with zero attached hydrogens (tertiary/aromatic N) is 4. The Hall–Kier alpha value is -6.79. The fourth-order valence-electron chi connectivity index (χ4n) is 9.75. The van der Waals surface area contributed by atoms with Crippen LogP contribution in [-0.2, 0) is 55.0 Å². The lowest BCUT2D eigenvalue weighted by molar-refractivity contribution is -0.118. The number of benzene rings is 5. The first-order chi connectivity index (χ1) is 34.9. The van der Waals surface area contributed by atoms with Crippen LogP contribution >= 0.6 is 0 Å². The van der Waals surface area contributed by atoms with E-state index in [0.29, 0.717) is 114 Å². The van der Waals surface area contributed by atoms with E-state index in [1.54, 1.807) is 60.8 Å². The number of methoxy groups -OCH3 is 3. The van der Waals surface area contributed by atoms with Gasteiger partial charge in [-0.2, -0.15) is 0 Å². The summed E-state index contributed by atoms with van der Waals surface area (Å²) in [5.74, 6) is 1.55. The van der Waals surface area contributed by atoms with Crippen LogP contribution in [0.5, 0.6) is 23.0 Å². The number of ether oxygens (including phenoxy) is 7. The van der Waals surface area contributed by atoms with Gasteiger partial charge in [-0.1, -0.05) is 36.4 Å². The Bertz CT molecular complexity index is 2900. The number of fused-ring (bicyclic) bond motifs is 8. The molecule has 4 heterocycles. The molecule has 1 N–H and O–H groups in total. The maximum Gasteiger partial charge on any atom is 0.261 e. The molecule has 0 bridgehead atoms. The fraction of sp³-hybridized carbons (Fsp3) is 0.382. The van der Waals surface area contributed by atoms with Gasteiger partial charge in [0.1, 0.15) is 13.2 Å². The molecule has 380 valence electrons. The Morgan fingerprint density at radius 1 is 0.722 bits per heavy atom. The van der Waals surface area contributed by atoms with E-state index in [0.717, 1.165) is 28.9 Å². The average molecular weight is 1000 g/mol. The van der Waals surface area contributed by atoms with Crippen LogP contribution in [0, 0.1) is 0 Å². The molecule has 2 atom stereocenters. The van der Waals surface area contributed by atoms with Crippen LogP contribution in [0.15, 0.2) is 96.0 Å². The second kappa shape index (κ2) is 22.3. The first-order valence-electron chi connectivity index (χ1n) is 24.3. The van der Waals surface area contributed by atoms with Crippen molar-refractivity contribution in [3.8, 4) is 23.0 Å². The quantitative estimate of drug-likeness (QED) is 0.0529. The van der Waals surface area contributed by atoms with Crippen molar-refractivity contribution in [3.05, 3.63) is 124 Å². The van der Waals surface area contributed by atoms with E-state index < -0.39 is 9.93 Å². The van der Waals surface area contributed by atoms with Gasteiger partial charge >= 0.3 is 0 Å². The number of aliphatic imine (C=N–C) groups is 1. The fourth-order valence-corrected chi connectivity index (χ4v) is 10.7. The second-order valence-electron chi connectivity index (χ2n) is 18.7. The lowest BCUT2D eigenvalue weighted by Gasteiger charge is -2.25. The Kier molecular flexibility index (Phi) is 15.6. The standard InChI is InChI=1S/C55H63N5O11S/c1-65-18-19-69-21-20-68-17-16-58(53(61)15-10-22-72(4,5)64)40-24-36(34-70-51-30-45-43(28-49(51)66-2)54(62)59-41(32-56-45)26-38-11-6-8-13-47(38)59)23-37(25-40)35-71-52-31-46-44(29-50(52)67-3)55(63)60-42(33-57-46)27-39-12-7-9-14-48(39)60/h6-9,11-14,23-25,28-32,41-42,57,72H,10,15-22,26-27,33-35H2,1-5H3/t41-,42-/m0/s1. The molecule has 0 spiro atoms. The minimum absolute atomic E-state index is 0.0387. The molecule has 72 heavy (non-hydrogen) atoms. The summed E-state index contributed by atoms with van der Waals surface area (Å²) < 4.78 is 54.1. The number of thiol groups is 1. The molecule has 3 amide bonds. The van der Waals surface area contributed by atoms with E-state index in [4.69, 9.17) is 38.2 Å². The Labute approximate surface area is 421 Å². The van der Waals surface area contributed by atoms with Crippen LogP contribution < -0.4 is 39.0 Å². The van der Waals surface area contributed by atoms with Gasteiger partial charge in [-0.3, -0.25) is 28.5 Å². The summed E-state index contributed by atoms with van der Waals surface area (Å²) in [6.07, 6.45) is 7.33. The molecule has 0 radical (unpaired) electrons. The van der Waals surface area contributed by atoms with Crippen molar-refractivity contribution < 1.29 is 51.8 Å². The third-order valence-electron chi connectivity index (χ3n) is 13.3. The molecule has 4 aliphatic rings.